The number of benzene rings is 1. The van der Waals surface area contributed by atoms with E-state index in [1.54, 1.807) is 0 Å². The third kappa shape index (κ3) is 3.66. The molecule has 0 aromatic heterocycles. The Morgan fingerprint density at radius 2 is 1.56 bits per heavy atom. The van der Waals surface area contributed by atoms with Gasteiger partial charge in [0, 0.05) is 27.7 Å². The van der Waals surface area contributed by atoms with Crippen LogP contribution in [-0.2, 0) is 26.5 Å². The van der Waals surface area contributed by atoms with Gasteiger partial charge in [0.05, 0.1) is 16.8 Å². The molecule has 2 atom stereocenters. The Bertz CT molecular complexity index is 698. The summed E-state index contributed by atoms with van der Waals surface area (Å²) in [7, 11) is -1.11. The largest absolute Gasteiger partial charge is 0.494 e. The summed E-state index contributed by atoms with van der Waals surface area (Å²) in [5.74, 6) is 0. The molecule has 3 heterocycles. The van der Waals surface area contributed by atoms with Gasteiger partial charge in [0.2, 0.25) is 0 Å². The fourth-order valence-corrected chi connectivity index (χ4v) is 6.96. The maximum Gasteiger partial charge on any atom is 0.494 e. The fraction of sp³-hybridized carbons (Fsp3) is 0.714. The molecule has 1 aromatic rings. The van der Waals surface area contributed by atoms with E-state index in [1.807, 2.05) is 12.1 Å². The van der Waals surface area contributed by atoms with Gasteiger partial charge in [-0.15, -0.1) is 0 Å². The molecular weight excluding hydrogens is 359 g/mol. The first kappa shape index (κ1) is 19.6. The Morgan fingerprint density at radius 3 is 2.07 bits per heavy atom. The van der Waals surface area contributed by atoms with E-state index in [2.05, 4.69) is 39.8 Å². The number of hydrogen-bond acceptors (Lipinski definition) is 4. The predicted molar refractivity (Wildman–Crippen MR) is 110 cm³/mol. The molecule has 0 aliphatic carbocycles. The highest BCUT2D eigenvalue weighted by Gasteiger charge is 2.51. The maximum atomic E-state index is 12.4. The van der Waals surface area contributed by atoms with Crippen LogP contribution < -0.4 is 5.46 Å². The summed E-state index contributed by atoms with van der Waals surface area (Å²) < 4.78 is 24.6. The van der Waals surface area contributed by atoms with E-state index in [4.69, 9.17) is 9.31 Å². The van der Waals surface area contributed by atoms with E-state index in [1.165, 1.54) is 0 Å². The average Bonchev–Trinajstić information content (AvgIpc) is 2.78. The lowest BCUT2D eigenvalue weighted by Gasteiger charge is -2.43. The summed E-state index contributed by atoms with van der Waals surface area (Å²) in [4.78, 5) is 0. The van der Waals surface area contributed by atoms with Crippen LogP contribution in [0.1, 0.15) is 65.4 Å². The summed E-state index contributed by atoms with van der Waals surface area (Å²) in [5, 5.41) is 11.5. The van der Waals surface area contributed by atoms with Crippen molar-refractivity contribution in [1.29, 1.82) is 0 Å². The van der Waals surface area contributed by atoms with Gasteiger partial charge in [0.1, 0.15) is 0 Å². The fourth-order valence-electron chi connectivity index (χ4n) is 4.67. The zero-order chi connectivity index (χ0) is 19.4. The molecular formula is C21H31BO4S. The van der Waals surface area contributed by atoms with Crippen LogP contribution in [0, 0.1) is 0 Å². The second-order valence-electron chi connectivity index (χ2n) is 9.64. The second-order valence-corrected chi connectivity index (χ2v) is 11.6. The molecule has 0 spiro atoms. The Kier molecular flexibility index (Phi) is 4.86. The van der Waals surface area contributed by atoms with Gasteiger partial charge in [-0.1, -0.05) is 30.7 Å². The topological polar surface area (TPSA) is 55.8 Å². The Hall–Kier alpha value is -0.685. The minimum absolute atomic E-state index is 0.173. The summed E-state index contributed by atoms with van der Waals surface area (Å²) in [6, 6.07) is 8.23. The number of rotatable bonds is 3. The lowest BCUT2D eigenvalue weighted by Crippen LogP contribution is -2.50. The van der Waals surface area contributed by atoms with Gasteiger partial charge < -0.3 is 14.4 Å². The van der Waals surface area contributed by atoms with Crippen molar-refractivity contribution in [3.63, 3.8) is 0 Å². The van der Waals surface area contributed by atoms with Crippen molar-refractivity contribution in [2.45, 2.75) is 93.5 Å². The number of fused-ring (bicyclic) bond motifs is 2. The zero-order valence-electron chi connectivity index (χ0n) is 16.9. The summed E-state index contributed by atoms with van der Waals surface area (Å²) in [5.41, 5.74) is 0.701. The van der Waals surface area contributed by atoms with E-state index in [0.717, 1.165) is 30.3 Å². The molecule has 27 heavy (non-hydrogen) atoms. The van der Waals surface area contributed by atoms with Crippen molar-refractivity contribution in [1.82, 2.24) is 0 Å². The van der Waals surface area contributed by atoms with Crippen molar-refractivity contribution in [3.8, 4) is 0 Å². The molecule has 4 rings (SSSR count). The van der Waals surface area contributed by atoms with Crippen LogP contribution in [0.5, 0.6) is 0 Å². The summed E-state index contributed by atoms with van der Waals surface area (Å²) in [6.07, 6.45) is 5.09. The first-order chi connectivity index (χ1) is 12.6. The number of hydrogen-bond donors (Lipinski definition) is 1. The van der Waals surface area contributed by atoms with Crippen LogP contribution in [0.15, 0.2) is 24.3 Å². The monoisotopic (exact) mass is 390 g/mol. The average molecular weight is 390 g/mol. The van der Waals surface area contributed by atoms with Gasteiger partial charge in [-0.3, -0.25) is 4.21 Å². The van der Waals surface area contributed by atoms with Crippen LogP contribution in [-0.4, -0.2) is 43.7 Å². The molecule has 148 valence electrons. The molecule has 3 aliphatic heterocycles. The Balaban J connectivity index is 1.45. The van der Waals surface area contributed by atoms with Crippen molar-refractivity contribution >= 4 is 23.4 Å². The van der Waals surface area contributed by atoms with Gasteiger partial charge in [0.25, 0.3) is 0 Å². The third-order valence-corrected chi connectivity index (χ3v) is 9.08. The third-order valence-electron chi connectivity index (χ3n) is 6.96. The minimum Gasteiger partial charge on any atom is -0.399 e. The smallest absolute Gasteiger partial charge is 0.399 e. The highest BCUT2D eigenvalue weighted by atomic mass is 32.2. The predicted octanol–water partition coefficient (Wildman–Crippen LogP) is 2.72. The molecule has 0 radical (unpaired) electrons. The van der Waals surface area contributed by atoms with E-state index in [-0.39, 0.29) is 28.8 Å². The standard InChI is InChI=1S/C21H31BO4S/c1-19(2)20(3,4)26-22(25-19)16-10-8-15(9-11-16)12-21(23)13-17-6-5-7-18(14-21)27(17)24/h8-11,17-18,23H,5-7,12-14H2,1-4H3. The molecule has 4 nitrogen and oxygen atoms in total. The lowest BCUT2D eigenvalue weighted by atomic mass is 9.77. The molecule has 0 saturated carbocycles. The van der Waals surface area contributed by atoms with Gasteiger partial charge in [-0.2, -0.15) is 0 Å². The molecule has 2 bridgehead atoms. The van der Waals surface area contributed by atoms with E-state index in [0.29, 0.717) is 19.3 Å². The summed E-state index contributed by atoms with van der Waals surface area (Å²) in [6.45, 7) is 8.23. The van der Waals surface area contributed by atoms with Gasteiger partial charge in [-0.25, -0.2) is 0 Å². The van der Waals surface area contributed by atoms with Crippen molar-refractivity contribution < 1.29 is 18.6 Å². The van der Waals surface area contributed by atoms with E-state index >= 15 is 0 Å². The molecule has 2 unspecified atom stereocenters. The van der Waals surface area contributed by atoms with Gasteiger partial charge in [0.15, 0.2) is 0 Å². The molecule has 1 N–H and O–H groups in total. The van der Waals surface area contributed by atoms with Crippen LogP contribution in [0.25, 0.3) is 0 Å². The van der Waals surface area contributed by atoms with E-state index in [9.17, 15) is 9.32 Å². The summed E-state index contributed by atoms with van der Waals surface area (Å²) >= 11 is 0. The van der Waals surface area contributed by atoms with Crippen molar-refractivity contribution in [2.24, 2.45) is 0 Å². The SMILES string of the molecule is CC1(C)OB(c2ccc(CC3(O)CC4CCCC(C3)S4=O)cc2)OC1(C)C. The van der Waals surface area contributed by atoms with Crippen molar-refractivity contribution in [3.05, 3.63) is 29.8 Å². The molecule has 6 heteroatoms. The number of aliphatic hydroxyl groups is 1. The van der Waals surface area contributed by atoms with Gasteiger partial charge in [-0.05, 0) is 64.4 Å². The van der Waals surface area contributed by atoms with Crippen LogP contribution in [0.4, 0.5) is 0 Å². The van der Waals surface area contributed by atoms with Crippen LogP contribution >= 0.6 is 0 Å². The van der Waals surface area contributed by atoms with E-state index < -0.39 is 16.4 Å². The molecule has 3 saturated heterocycles. The van der Waals surface area contributed by atoms with Gasteiger partial charge >= 0.3 is 7.12 Å². The molecule has 1 aromatic carbocycles. The highest BCUT2D eigenvalue weighted by Crippen LogP contribution is 2.41. The molecule has 3 aliphatic rings. The zero-order valence-corrected chi connectivity index (χ0v) is 17.7. The van der Waals surface area contributed by atoms with Crippen LogP contribution in [0.3, 0.4) is 0 Å². The second kappa shape index (κ2) is 6.69. The first-order valence-electron chi connectivity index (χ1n) is 10.1. The normalized spacial score (nSPS) is 37.4. The lowest BCUT2D eigenvalue weighted by molar-refractivity contribution is 0.00578. The van der Waals surface area contributed by atoms with Crippen molar-refractivity contribution in [2.75, 3.05) is 0 Å². The molecule has 0 amide bonds. The maximum absolute atomic E-state index is 12.4. The Labute approximate surface area is 165 Å². The minimum atomic E-state index is -0.754. The highest BCUT2D eigenvalue weighted by molar-refractivity contribution is 7.86. The van der Waals surface area contributed by atoms with Crippen LogP contribution in [0.2, 0.25) is 0 Å². The quantitative estimate of drug-likeness (QED) is 0.807. The first-order valence-corrected chi connectivity index (χ1v) is 11.4. The molecule has 3 fully saturated rings. The Morgan fingerprint density at radius 1 is 1.04 bits per heavy atom.